The van der Waals surface area contributed by atoms with Gasteiger partial charge >= 0.3 is 41.7 Å². The molecule has 18 rings (SSSR count). The summed E-state index contributed by atoms with van der Waals surface area (Å²) in [5.74, 6) is 7.25. The predicted octanol–water partition coefficient (Wildman–Crippen LogP) is 14.1. The van der Waals surface area contributed by atoms with Crippen LogP contribution in [0.25, 0.3) is 49.7 Å². The number of amides is 2. The third-order valence-corrected chi connectivity index (χ3v) is 25.9. The molecule has 0 aliphatic carbocycles. The van der Waals surface area contributed by atoms with Gasteiger partial charge in [-0.05, 0) is 210 Å². The van der Waals surface area contributed by atoms with Crippen molar-refractivity contribution in [2.45, 2.75) is 173 Å². The number of hydrogen-bond acceptors (Lipinski definition) is 25. The summed E-state index contributed by atoms with van der Waals surface area (Å²) in [6.45, 7) is 24.5. The Bertz CT molecular complexity index is 6070. The van der Waals surface area contributed by atoms with Gasteiger partial charge < -0.3 is 73.2 Å². The van der Waals surface area contributed by atoms with E-state index in [0.29, 0.717) is 18.1 Å². The molecule has 3 spiro atoms. The zero-order chi connectivity index (χ0) is 90.0. The van der Waals surface area contributed by atoms with Crippen molar-refractivity contribution in [1.29, 1.82) is 5.53 Å². The second-order valence-corrected chi connectivity index (χ2v) is 36.5. The van der Waals surface area contributed by atoms with Gasteiger partial charge in [0.15, 0.2) is 11.3 Å². The Kier molecular flexibility index (Phi) is 31.9. The number of aromatic nitrogens is 12. The topological polar surface area (TPSA) is 505 Å². The van der Waals surface area contributed by atoms with Crippen LogP contribution in [0.1, 0.15) is 101 Å². The number of carbonyl (C=O) groups is 2. The van der Waals surface area contributed by atoms with Crippen molar-refractivity contribution in [3.63, 3.8) is 0 Å². The van der Waals surface area contributed by atoms with E-state index in [4.69, 9.17) is 57.5 Å². The van der Waals surface area contributed by atoms with Crippen LogP contribution < -0.4 is 66.5 Å². The second-order valence-electron chi connectivity index (χ2n) is 33.0. The Hall–Kier alpha value is -11.5. The molecule has 0 saturated carbocycles. The zero-order valence-electron chi connectivity index (χ0n) is 72.7. The number of nitrogens with zero attached hydrogens (tertiary/aromatic N) is 30. The summed E-state index contributed by atoms with van der Waals surface area (Å²) in [6.07, 6.45) is 27.2. The van der Waals surface area contributed by atoms with Crippen molar-refractivity contribution in [2.75, 3.05) is 73.8 Å². The number of nitrogens with two attached hydrogens (primary N) is 2. The molecule has 6 aliphatic heterocycles. The number of nitrogens with one attached hydrogen (secondary N) is 3. The average Bonchev–Trinajstić information content (AvgIpc) is 1.67. The molecule has 668 valence electrons. The molecule has 6 saturated heterocycles. The van der Waals surface area contributed by atoms with Gasteiger partial charge in [-0.3, -0.25) is 28.2 Å². The fourth-order valence-electron chi connectivity index (χ4n) is 16.6. The number of halogens is 1. The Morgan fingerprint density at radius 1 is 0.465 bits per heavy atom. The number of pyridine rings is 3. The summed E-state index contributed by atoms with van der Waals surface area (Å²) in [5, 5.41) is 52.9. The van der Waals surface area contributed by atoms with Crippen LogP contribution in [0.2, 0.25) is 0 Å². The van der Waals surface area contributed by atoms with E-state index in [1.165, 1.54) is 0 Å². The van der Waals surface area contributed by atoms with Crippen LogP contribution in [0.15, 0.2) is 273 Å². The molecule has 6 atom stereocenters. The molecule has 0 radical (unpaired) electrons. The van der Waals surface area contributed by atoms with Crippen LogP contribution in [-0.4, -0.2) is 177 Å². The van der Waals surface area contributed by atoms with E-state index in [0.717, 1.165) is 176 Å². The van der Waals surface area contributed by atoms with Crippen LogP contribution in [0.5, 0.6) is 0 Å². The van der Waals surface area contributed by atoms with Crippen LogP contribution in [0.4, 0.5) is 27.4 Å². The summed E-state index contributed by atoms with van der Waals surface area (Å²) in [6, 6.07) is 30.4. The number of fused-ring (bicyclic) bond motifs is 6. The number of hydrogen-bond donors (Lipinski definition) is 5. The molecule has 6 aliphatic rings. The average molecular weight is 1880 g/mol. The molecule has 0 bridgehead atoms. The molecular weight excluding hydrogens is 1790 g/mol. The SMILES string of the molecule is Brc1ccnc2ccccc12.C[C@@H]1OCC2(CCN(c3ncc(Sc4ccnc5ccccc45)c4nccn34)CC2)[C@@H]1N.C[C@@H]1OCC2(CCN(c3ncc(Sc4ccnc5ccccc45)c4nccn34)CC2)[C@@H]1NC(=O)OC(C)(C)C.C[C@@H]1OCC2(CCN(c3ncc([S-])c4nccn34)CC2)[C@@H]1NC(=O)OC(C)(C)C.N=N/N=N/N=N/N=N/N=N/N=N/N=N/N=N/N.[Na+]. The first kappa shape index (κ1) is 95.1. The molecule has 9 aromatic heterocycles. The summed E-state index contributed by atoms with van der Waals surface area (Å²) < 4.78 is 36.2. The molecule has 6 fully saturated rings. The Morgan fingerprint density at radius 2 is 0.814 bits per heavy atom. The van der Waals surface area contributed by atoms with E-state index < -0.39 is 11.2 Å². The third kappa shape index (κ3) is 23.2. The van der Waals surface area contributed by atoms with Gasteiger partial charge in [0.05, 0.1) is 76.6 Å². The van der Waals surface area contributed by atoms with Gasteiger partial charge in [0.2, 0.25) is 17.8 Å². The van der Waals surface area contributed by atoms with E-state index in [9.17, 15) is 9.59 Å². The van der Waals surface area contributed by atoms with Crippen LogP contribution in [-0.2, 0) is 36.3 Å². The van der Waals surface area contributed by atoms with Gasteiger partial charge in [-0.2, -0.15) is 5.53 Å². The standard InChI is InChI=1S/C29H34N6O3S.C24H26N6OS.C20H29N5O3S.C9H6BrN.H3N17.Na/c1-19-24(33-27(36)38-28(2,3)4)29(18-37-19)10-14-34(15-11-29)26-32-17-23(25-31-13-16-35(25)26)39-22-9-12-30-21-8-6-5-7-20(21)22;1-16-21(25)24(15-31-16)7-11-29(12-8-24)23-28-14-20(22-27-10-13-30(22)23)32-19-6-9-26-18-5-3-2-4-17(18)19;1-13-15(23-18(26)28-19(2,3)4)20(12-27-13)5-8-24(9-6-20)17-22-11-14(29)16-21-7-10-25(16)17;10-8-5-6-11-9-4-2-1-3-7(8)9;1-3-5-7-9-11-13-15-17-16-14-12-10-8-6-4-2;/h5-9,12-13,16-17,19,24H,10-11,14-15,18H2,1-4H3,(H,33,36);2-6,9-10,13-14,16,21H,7-8,11-12,15,25H2,1H3;7,10-11,13,15,29H,5-6,8-9,12H2,1-4H3,(H,23,26);1-6H;(H3,1,2,5,6,9,10,13,14,17);/q;;;;;+1/p-1/t19-,24+;16-,21+;13-,15+;;;/m000.../s1. The van der Waals surface area contributed by atoms with E-state index in [-0.39, 0.29) is 94.4 Å². The van der Waals surface area contributed by atoms with Gasteiger partial charge in [0.25, 0.3) is 0 Å². The van der Waals surface area contributed by atoms with Crippen LogP contribution in [0, 0.1) is 21.8 Å². The normalized spacial score (nSPS) is 20.2. The smallest absolute Gasteiger partial charge is 0.775 e. The van der Waals surface area contributed by atoms with Gasteiger partial charge in [0, 0.05) is 166 Å². The van der Waals surface area contributed by atoms with Crippen molar-refractivity contribution in [1.82, 2.24) is 68.7 Å². The van der Waals surface area contributed by atoms with E-state index >= 15 is 0 Å². The van der Waals surface area contributed by atoms with Crippen LogP contribution >= 0.6 is 39.5 Å². The van der Waals surface area contributed by atoms with Crippen LogP contribution in [0.3, 0.4) is 0 Å². The minimum absolute atomic E-state index is 0. The first-order valence-electron chi connectivity index (χ1n) is 41.2. The number of rotatable bonds is 16. The minimum atomic E-state index is -0.542. The zero-order valence-corrected chi connectivity index (χ0v) is 78.7. The molecule has 47 heteroatoms. The van der Waals surface area contributed by atoms with Crippen molar-refractivity contribution in [3.8, 4) is 0 Å². The van der Waals surface area contributed by atoms with Crippen molar-refractivity contribution in [2.24, 2.45) is 106 Å². The van der Waals surface area contributed by atoms with Gasteiger partial charge in [-0.25, -0.2) is 39.5 Å². The number of alkyl carbamates (subject to hydrolysis) is 2. The predicted molar refractivity (Wildman–Crippen MR) is 481 cm³/mol. The van der Waals surface area contributed by atoms with Crippen molar-refractivity contribution in [3.05, 3.63) is 170 Å². The number of ether oxygens (including phenoxy) is 5. The second kappa shape index (κ2) is 43.3. The Balaban J connectivity index is 0.000000145. The van der Waals surface area contributed by atoms with E-state index in [1.54, 1.807) is 42.1 Å². The van der Waals surface area contributed by atoms with Gasteiger partial charge in [-0.1, -0.05) is 99.3 Å². The summed E-state index contributed by atoms with van der Waals surface area (Å²) in [4.78, 5) is 78.1. The number of carbonyl (C=O) groups excluding carboxylic acids is 2. The summed E-state index contributed by atoms with van der Waals surface area (Å²) in [5.41, 5.74) is 17.0. The molecule has 7 N–H and O–H groups in total. The first-order valence-corrected chi connectivity index (χ1v) is 44.0. The molecule has 12 aromatic rings. The molecule has 129 heavy (non-hydrogen) atoms. The minimum Gasteiger partial charge on any atom is -0.775 e. The summed E-state index contributed by atoms with van der Waals surface area (Å²) in [7, 11) is 0. The first-order chi connectivity index (χ1) is 61.8. The number of piperidine rings is 3. The van der Waals surface area contributed by atoms with Crippen molar-refractivity contribution < 1.29 is 62.8 Å². The molecule has 3 aromatic carbocycles. The van der Waals surface area contributed by atoms with Gasteiger partial charge in [-0.15, -0.1) is 4.90 Å². The largest absolute Gasteiger partial charge is 1.00 e. The fraction of sp³-hybridized carbons (Fsp3) is 0.427. The number of para-hydroxylation sites is 3. The molecule has 42 nitrogen and oxygen atoms in total. The summed E-state index contributed by atoms with van der Waals surface area (Å²) >= 11 is 12.1. The van der Waals surface area contributed by atoms with Crippen molar-refractivity contribution >= 4 is 132 Å². The van der Waals surface area contributed by atoms with E-state index in [1.807, 2.05) is 188 Å². The number of benzene rings is 3. The fourth-order valence-corrected chi connectivity index (χ4v) is 19.2. The molecular formula is C82H97BrN35NaO7S3. The maximum absolute atomic E-state index is 12.6. The molecule has 2 amide bonds. The maximum Gasteiger partial charge on any atom is 1.00 e. The van der Waals surface area contributed by atoms with Gasteiger partial charge in [0.1, 0.15) is 16.8 Å². The number of imidazole rings is 3. The van der Waals surface area contributed by atoms with E-state index in [2.05, 4.69) is 194 Å². The Labute approximate surface area is 785 Å². The third-order valence-electron chi connectivity index (χ3n) is 22.8. The Morgan fingerprint density at radius 3 is 1.21 bits per heavy atom. The molecule has 15 heterocycles. The number of anilines is 3. The quantitative estimate of drug-likeness (QED) is 0.0197. The monoisotopic (exact) mass is 1880 g/mol. The molecule has 0 unspecified atom stereocenters. The maximum atomic E-state index is 12.6.